The van der Waals surface area contributed by atoms with Crippen LogP contribution in [0.1, 0.15) is 41.4 Å². The number of hydrogen-bond donors (Lipinski definition) is 3. The standard InChI is InChI=1S/C24H25N5O5S/c1-33-21-7-5-16-22(29-21)15(8-9-25-16)18(30)10-14-3-2-13(11-34-14)26-24(32)17-4-6-19-23(27-17)28-20(31)12-35-19/h4-9,13-14,18,30H,2-3,10-12H2,1H3,(H,26,32)(H,27,28,31)/t13-,14+,18?/m1/s1. The van der Waals surface area contributed by atoms with Gasteiger partial charge >= 0.3 is 0 Å². The molecule has 5 rings (SSSR count). The van der Waals surface area contributed by atoms with Gasteiger partial charge in [0, 0.05) is 24.2 Å². The van der Waals surface area contributed by atoms with Gasteiger partial charge < -0.3 is 25.2 Å². The van der Waals surface area contributed by atoms with Gasteiger partial charge in [-0.2, -0.15) is 0 Å². The minimum atomic E-state index is -0.774. The molecule has 2 aliphatic rings. The Balaban J connectivity index is 1.17. The van der Waals surface area contributed by atoms with Crippen molar-refractivity contribution in [2.75, 3.05) is 24.8 Å². The van der Waals surface area contributed by atoms with Crippen LogP contribution in [-0.2, 0) is 9.53 Å². The first-order valence-electron chi connectivity index (χ1n) is 11.3. The number of fused-ring (bicyclic) bond motifs is 2. The molecule has 3 atom stereocenters. The van der Waals surface area contributed by atoms with E-state index in [-0.39, 0.29) is 29.7 Å². The van der Waals surface area contributed by atoms with E-state index in [2.05, 4.69) is 25.6 Å². The van der Waals surface area contributed by atoms with Crippen molar-refractivity contribution in [1.29, 1.82) is 0 Å². The third kappa shape index (κ3) is 5.21. The van der Waals surface area contributed by atoms with Gasteiger partial charge in [0.25, 0.3) is 5.91 Å². The monoisotopic (exact) mass is 495 g/mol. The average Bonchev–Trinajstić information content (AvgIpc) is 2.88. The molecule has 35 heavy (non-hydrogen) atoms. The molecule has 0 aliphatic carbocycles. The largest absolute Gasteiger partial charge is 0.481 e. The third-order valence-corrected chi connectivity index (χ3v) is 7.10. The molecular formula is C24H25N5O5S. The summed E-state index contributed by atoms with van der Waals surface area (Å²) >= 11 is 1.40. The fourth-order valence-electron chi connectivity index (χ4n) is 4.24. The Kier molecular flexibility index (Phi) is 6.80. The predicted octanol–water partition coefficient (Wildman–Crippen LogP) is 2.48. The number of pyridine rings is 3. The minimum absolute atomic E-state index is 0.129. The molecular weight excluding hydrogens is 470 g/mol. The SMILES string of the molecule is COc1ccc2nccc(C(O)C[C@@H]3CC[C@@H](NC(=O)c4ccc5c(n4)NC(=O)CS5)CO3)c2n1. The lowest BCUT2D eigenvalue weighted by Gasteiger charge is -2.31. The number of aliphatic hydroxyl groups excluding tert-OH is 1. The number of ether oxygens (including phenoxy) is 2. The molecule has 11 heteroatoms. The Hall–Kier alpha value is -3.28. The second kappa shape index (κ2) is 10.1. The van der Waals surface area contributed by atoms with Crippen LogP contribution >= 0.6 is 11.8 Å². The number of nitrogens with zero attached hydrogens (tertiary/aromatic N) is 3. The van der Waals surface area contributed by atoms with Crippen LogP contribution in [0.15, 0.2) is 41.4 Å². The number of methoxy groups -OCH3 is 1. The van der Waals surface area contributed by atoms with Crippen LogP contribution in [-0.4, -0.2) is 63.5 Å². The molecule has 3 aromatic rings. The van der Waals surface area contributed by atoms with Gasteiger partial charge in [-0.3, -0.25) is 14.6 Å². The van der Waals surface area contributed by atoms with Crippen molar-refractivity contribution in [3.05, 3.63) is 47.8 Å². The molecule has 1 saturated heterocycles. The molecule has 0 bridgehead atoms. The molecule has 5 heterocycles. The molecule has 182 valence electrons. The summed E-state index contributed by atoms with van der Waals surface area (Å²) in [7, 11) is 1.55. The van der Waals surface area contributed by atoms with Crippen LogP contribution in [0.3, 0.4) is 0 Å². The van der Waals surface area contributed by atoms with Crippen LogP contribution in [0.2, 0.25) is 0 Å². The zero-order chi connectivity index (χ0) is 24.4. The number of carbonyl (C=O) groups excluding carboxylic acids is 2. The van der Waals surface area contributed by atoms with Gasteiger partial charge in [-0.15, -0.1) is 11.8 Å². The Labute approximate surface area is 205 Å². The summed E-state index contributed by atoms with van der Waals surface area (Å²) < 4.78 is 11.2. The van der Waals surface area contributed by atoms with E-state index in [1.54, 1.807) is 37.6 Å². The molecule has 0 saturated carbocycles. The van der Waals surface area contributed by atoms with Crippen molar-refractivity contribution >= 4 is 40.4 Å². The summed E-state index contributed by atoms with van der Waals surface area (Å²) in [6.07, 6.45) is 2.53. The summed E-state index contributed by atoms with van der Waals surface area (Å²) in [5.41, 5.74) is 2.21. The predicted molar refractivity (Wildman–Crippen MR) is 129 cm³/mol. The Morgan fingerprint density at radius 3 is 2.97 bits per heavy atom. The van der Waals surface area contributed by atoms with E-state index in [9.17, 15) is 14.7 Å². The first kappa shape index (κ1) is 23.5. The summed E-state index contributed by atoms with van der Waals surface area (Å²) in [6.45, 7) is 0.337. The zero-order valence-corrected chi connectivity index (χ0v) is 19.9. The molecule has 1 unspecified atom stereocenters. The van der Waals surface area contributed by atoms with E-state index in [0.29, 0.717) is 59.9 Å². The first-order valence-corrected chi connectivity index (χ1v) is 12.3. The van der Waals surface area contributed by atoms with Gasteiger partial charge in [-0.25, -0.2) is 9.97 Å². The van der Waals surface area contributed by atoms with Crippen molar-refractivity contribution in [2.45, 2.75) is 42.4 Å². The van der Waals surface area contributed by atoms with Crippen molar-refractivity contribution in [3.8, 4) is 5.88 Å². The van der Waals surface area contributed by atoms with E-state index in [4.69, 9.17) is 9.47 Å². The van der Waals surface area contributed by atoms with Crippen LogP contribution in [0.4, 0.5) is 5.82 Å². The van der Waals surface area contributed by atoms with E-state index < -0.39 is 6.10 Å². The Morgan fingerprint density at radius 2 is 2.17 bits per heavy atom. The van der Waals surface area contributed by atoms with Crippen molar-refractivity contribution < 1.29 is 24.2 Å². The zero-order valence-electron chi connectivity index (χ0n) is 19.1. The van der Waals surface area contributed by atoms with Gasteiger partial charge in [0.1, 0.15) is 11.5 Å². The van der Waals surface area contributed by atoms with Crippen molar-refractivity contribution in [1.82, 2.24) is 20.3 Å². The highest BCUT2D eigenvalue weighted by molar-refractivity contribution is 8.00. The molecule has 2 aliphatic heterocycles. The van der Waals surface area contributed by atoms with Crippen LogP contribution in [0.25, 0.3) is 11.0 Å². The normalized spacial score (nSPS) is 20.6. The molecule has 0 spiro atoms. The highest BCUT2D eigenvalue weighted by Gasteiger charge is 2.27. The highest BCUT2D eigenvalue weighted by Crippen LogP contribution is 2.31. The molecule has 1 fully saturated rings. The number of nitrogens with one attached hydrogen (secondary N) is 2. The fourth-order valence-corrected chi connectivity index (χ4v) is 5.00. The molecule has 2 amide bonds. The van der Waals surface area contributed by atoms with Gasteiger partial charge in [0.15, 0.2) is 0 Å². The summed E-state index contributed by atoms with van der Waals surface area (Å²) in [5.74, 6) is 0.783. The topological polar surface area (TPSA) is 136 Å². The first-order chi connectivity index (χ1) is 17.0. The molecule has 0 aromatic carbocycles. The molecule has 0 radical (unpaired) electrons. The maximum atomic E-state index is 12.7. The molecule has 10 nitrogen and oxygen atoms in total. The van der Waals surface area contributed by atoms with Crippen LogP contribution in [0.5, 0.6) is 5.88 Å². The summed E-state index contributed by atoms with van der Waals surface area (Å²) in [6, 6.07) is 8.60. The number of aliphatic hydroxyl groups is 1. The van der Waals surface area contributed by atoms with Gasteiger partial charge in [0.2, 0.25) is 11.8 Å². The van der Waals surface area contributed by atoms with Gasteiger partial charge in [-0.1, -0.05) is 0 Å². The Bertz CT molecular complexity index is 1260. The molecule has 3 N–H and O–H groups in total. The van der Waals surface area contributed by atoms with Gasteiger partial charge in [0.05, 0.1) is 53.6 Å². The third-order valence-electron chi connectivity index (χ3n) is 6.06. The number of rotatable bonds is 6. The smallest absolute Gasteiger partial charge is 0.270 e. The molecule has 3 aromatic heterocycles. The van der Waals surface area contributed by atoms with E-state index >= 15 is 0 Å². The maximum absolute atomic E-state index is 12.7. The Morgan fingerprint density at radius 1 is 1.29 bits per heavy atom. The number of hydrogen-bond acceptors (Lipinski definition) is 9. The number of aromatic nitrogens is 3. The minimum Gasteiger partial charge on any atom is -0.481 e. The van der Waals surface area contributed by atoms with Gasteiger partial charge in [-0.05, 0) is 37.1 Å². The van der Waals surface area contributed by atoms with E-state index in [1.807, 2.05) is 6.07 Å². The lowest BCUT2D eigenvalue weighted by Crippen LogP contribution is -2.43. The lowest BCUT2D eigenvalue weighted by molar-refractivity contribution is -0.113. The van der Waals surface area contributed by atoms with Crippen LogP contribution < -0.4 is 15.4 Å². The summed E-state index contributed by atoms with van der Waals surface area (Å²) in [4.78, 5) is 38.2. The lowest BCUT2D eigenvalue weighted by atomic mass is 9.96. The van der Waals surface area contributed by atoms with E-state index in [1.165, 1.54) is 11.8 Å². The maximum Gasteiger partial charge on any atom is 0.270 e. The van der Waals surface area contributed by atoms with Crippen molar-refractivity contribution in [2.24, 2.45) is 0 Å². The summed E-state index contributed by atoms with van der Waals surface area (Å²) in [5, 5.41) is 16.6. The fraction of sp³-hybridized carbons (Fsp3) is 0.375. The van der Waals surface area contributed by atoms with Crippen molar-refractivity contribution in [3.63, 3.8) is 0 Å². The average molecular weight is 496 g/mol. The number of carbonyl (C=O) groups is 2. The van der Waals surface area contributed by atoms with E-state index in [0.717, 1.165) is 4.90 Å². The second-order valence-corrected chi connectivity index (χ2v) is 9.47. The number of anilines is 1. The highest BCUT2D eigenvalue weighted by atomic mass is 32.2. The second-order valence-electron chi connectivity index (χ2n) is 8.46. The van der Waals surface area contributed by atoms with Crippen LogP contribution in [0, 0.1) is 0 Å². The number of thioether (sulfide) groups is 1. The quantitative estimate of drug-likeness (QED) is 0.471. The number of amides is 2.